The number of rotatable bonds is 4. The maximum Gasteiger partial charge on any atom is 0.291 e. The monoisotopic (exact) mass is 282 g/mol. The molecule has 1 aromatic rings. The van der Waals surface area contributed by atoms with Crippen LogP contribution in [0.5, 0.6) is 0 Å². The summed E-state index contributed by atoms with van der Waals surface area (Å²) in [6.45, 7) is 0.500. The Morgan fingerprint density at radius 1 is 1.25 bits per heavy atom. The number of nitrogens with one attached hydrogen (secondary N) is 2. The summed E-state index contributed by atoms with van der Waals surface area (Å²) in [5.41, 5.74) is 11.8. The Bertz CT molecular complexity index is 433. The molecule has 110 valence electrons. The lowest BCUT2D eigenvalue weighted by molar-refractivity contribution is -0.742. The van der Waals surface area contributed by atoms with Gasteiger partial charge in [0.25, 0.3) is 5.09 Å². The minimum absolute atomic E-state index is 0.180. The summed E-state index contributed by atoms with van der Waals surface area (Å²) < 4.78 is 0. The maximum atomic E-state index is 8.36. The van der Waals surface area contributed by atoms with Crippen molar-refractivity contribution in [3.63, 3.8) is 0 Å². The van der Waals surface area contributed by atoms with Crippen molar-refractivity contribution in [3.8, 4) is 0 Å². The summed E-state index contributed by atoms with van der Waals surface area (Å²) in [4.78, 5) is 9.64. The standard InChI is InChI=1S/C11H17N5.HNO3/c12-10(13)16(11(14)15)8-4-7-9-5-2-1-3-6-9;2-1(3)4/h1-3,5-6H,4,7-8H2,(H3,12,13)(H3,14,15);(H,2,3,4). The number of benzene rings is 1. The number of hydrogen-bond donors (Lipinski definition) is 5. The molecule has 0 unspecified atom stereocenters. The predicted octanol–water partition coefficient (Wildman–Crippen LogP) is 0.360. The van der Waals surface area contributed by atoms with E-state index in [0.717, 1.165) is 12.8 Å². The number of aryl methyl sites for hydroxylation is 1. The highest BCUT2D eigenvalue weighted by Gasteiger charge is 2.08. The van der Waals surface area contributed by atoms with Crippen LogP contribution in [0.2, 0.25) is 0 Å². The Hall–Kier alpha value is -2.84. The molecule has 9 heteroatoms. The van der Waals surface area contributed by atoms with E-state index in [9.17, 15) is 0 Å². The summed E-state index contributed by atoms with van der Waals surface area (Å²) in [6, 6.07) is 10.0. The van der Waals surface area contributed by atoms with E-state index in [1.807, 2.05) is 30.3 Å². The van der Waals surface area contributed by atoms with Crippen molar-refractivity contribution in [1.29, 1.82) is 10.8 Å². The third-order valence-corrected chi connectivity index (χ3v) is 2.27. The average Bonchev–Trinajstić information content (AvgIpc) is 2.34. The Kier molecular flexibility index (Phi) is 7.84. The van der Waals surface area contributed by atoms with Gasteiger partial charge in [0.2, 0.25) is 0 Å². The summed E-state index contributed by atoms with van der Waals surface area (Å²) in [7, 11) is 0. The van der Waals surface area contributed by atoms with Crippen molar-refractivity contribution in [1.82, 2.24) is 4.90 Å². The number of nitrogens with two attached hydrogens (primary N) is 2. The van der Waals surface area contributed by atoms with Crippen LogP contribution in [-0.2, 0) is 6.42 Å². The summed E-state index contributed by atoms with van der Waals surface area (Å²) in [5, 5.41) is 28.1. The van der Waals surface area contributed by atoms with E-state index in [1.54, 1.807) is 0 Å². The Balaban J connectivity index is 0.000000796. The van der Waals surface area contributed by atoms with Gasteiger partial charge in [-0.05, 0) is 18.4 Å². The Morgan fingerprint density at radius 2 is 1.70 bits per heavy atom. The Morgan fingerprint density at radius 3 is 2.10 bits per heavy atom. The van der Waals surface area contributed by atoms with E-state index in [4.69, 9.17) is 37.6 Å². The zero-order valence-corrected chi connectivity index (χ0v) is 10.8. The highest BCUT2D eigenvalue weighted by molar-refractivity contribution is 5.94. The highest BCUT2D eigenvalue weighted by Crippen LogP contribution is 2.03. The fourth-order valence-corrected chi connectivity index (χ4v) is 1.46. The van der Waals surface area contributed by atoms with Crippen LogP contribution in [0.4, 0.5) is 0 Å². The smallest absolute Gasteiger partial charge is 0.291 e. The lowest BCUT2D eigenvalue weighted by atomic mass is 10.1. The third-order valence-electron chi connectivity index (χ3n) is 2.27. The first kappa shape index (κ1) is 17.2. The van der Waals surface area contributed by atoms with Crippen LogP contribution in [0.15, 0.2) is 30.3 Å². The Labute approximate surface area is 115 Å². The summed E-state index contributed by atoms with van der Waals surface area (Å²) in [5.74, 6) is -0.360. The van der Waals surface area contributed by atoms with Crippen LogP contribution in [-0.4, -0.2) is 33.7 Å². The van der Waals surface area contributed by atoms with Gasteiger partial charge >= 0.3 is 0 Å². The molecular formula is C11H18N6O3. The molecule has 9 nitrogen and oxygen atoms in total. The molecule has 0 spiro atoms. The van der Waals surface area contributed by atoms with Gasteiger partial charge in [-0.2, -0.15) is 0 Å². The van der Waals surface area contributed by atoms with E-state index in [-0.39, 0.29) is 11.9 Å². The molecule has 0 aromatic heterocycles. The van der Waals surface area contributed by atoms with E-state index in [0.29, 0.717) is 6.54 Å². The normalized spacial score (nSPS) is 9.00. The van der Waals surface area contributed by atoms with Crippen molar-refractivity contribution in [3.05, 3.63) is 46.0 Å². The van der Waals surface area contributed by atoms with Crippen LogP contribution in [0, 0.1) is 20.9 Å². The van der Waals surface area contributed by atoms with Crippen LogP contribution < -0.4 is 11.5 Å². The van der Waals surface area contributed by atoms with Gasteiger partial charge in [-0.3, -0.25) is 15.7 Å². The highest BCUT2D eigenvalue weighted by atomic mass is 16.9. The second-order valence-corrected chi connectivity index (χ2v) is 3.75. The molecule has 1 rings (SSSR count). The first-order valence-electron chi connectivity index (χ1n) is 5.67. The zero-order chi connectivity index (χ0) is 15.5. The van der Waals surface area contributed by atoms with Crippen molar-refractivity contribution in [2.24, 2.45) is 11.5 Å². The number of nitrogens with zero attached hydrogens (tertiary/aromatic N) is 2. The predicted molar refractivity (Wildman–Crippen MR) is 74.1 cm³/mol. The fourth-order valence-electron chi connectivity index (χ4n) is 1.46. The van der Waals surface area contributed by atoms with Crippen LogP contribution in [0.25, 0.3) is 0 Å². The maximum absolute atomic E-state index is 8.36. The van der Waals surface area contributed by atoms with Crippen molar-refractivity contribution < 1.29 is 10.3 Å². The molecule has 0 aliphatic heterocycles. The van der Waals surface area contributed by atoms with Gasteiger partial charge in [0.15, 0.2) is 11.9 Å². The molecule has 0 saturated carbocycles. The van der Waals surface area contributed by atoms with E-state index >= 15 is 0 Å². The van der Waals surface area contributed by atoms with Crippen LogP contribution in [0.1, 0.15) is 12.0 Å². The lowest BCUT2D eigenvalue weighted by Crippen LogP contribution is -2.45. The van der Waals surface area contributed by atoms with Gasteiger partial charge in [0.1, 0.15) is 0 Å². The van der Waals surface area contributed by atoms with Gasteiger partial charge in [-0.15, -0.1) is 10.1 Å². The molecule has 7 N–H and O–H groups in total. The van der Waals surface area contributed by atoms with Gasteiger partial charge < -0.3 is 16.7 Å². The van der Waals surface area contributed by atoms with Crippen molar-refractivity contribution >= 4 is 11.9 Å². The second-order valence-electron chi connectivity index (χ2n) is 3.75. The van der Waals surface area contributed by atoms with E-state index in [2.05, 4.69) is 0 Å². The second kappa shape index (κ2) is 9.14. The SMILES string of the molecule is N=C(N)N(CCCc1ccccc1)C(=N)N.O=[N+]([O-])O. The molecule has 0 aliphatic rings. The zero-order valence-electron chi connectivity index (χ0n) is 10.8. The molecule has 0 radical (unpaired) electrons. The fraction of sp³-hybridized carbons (Fsp3) is 0.273. The van der Waals surface area contributed by atoms with E-state index in [1.165, 1.54) is 10.5 Å². The quantitative estimate of drug-likeness (QED) is 0.231. The molecule has 0 amide bonds. The van der Waals surface area contributed by atoms with Crippen molar-refractivity contribution in [2.75, 3.05) is 6.54 Å². The first-order valence-corrected chi connectivity index (χ1v) is 5.67. The average molecular weight is 282 g/mol. The van der Waals surface area contributed by atoms with Crippen LogP contribution in [0.3, 0.4) is 0 Å². The topological polar surface area (TPSA) is 166 Å². The van der Waals surface area contributed by atoms with E-state index < -0.39 is 5.09 Å². The van der Waals surface area contributed by atoms with Gasteiger partial charge in [0, 0.05) is 6.54 Å². The summed E-state index contributed by atoms with van der Waals surface area (Å²) >= 11 is 0. The molecule has 1 aromatic carbocycles. The lowest BCUT2D eigenvalue weighted by Gasteiger charge is -2.19. The summed E-state index contributed by atoms with van der Waals surface area (Å²) in [6.07, 6.45) is 1.70. The first-order chi connectivity index (χ1) is 9.34. The molecule has 0 aliphatic carbocycles. The van der Waals surface area contributed by atoms with Gasteiger partial charge in [0.05, 0.1) is 0 Å². The minimum atomic E-state index is -1.50. The molecule has 0 atom stereocenters. The van der Waals surface area contributed by atoms with Crippen LogP contribution >= 0.6 is 0 Å². The van der Waals surface area contributed by atoms with Gasteiger partial charge in [-0.25, -0.2) is 0 Å². The molecular weight excluding hydrogens is 264 g/mol. The third kappa shape index (κ3) is 8.28. The number of hydrogen-bond acceptors (Lipinski definition) is 4. The molecule has 0 saturated heterocycles. The largest absolute Gasteiger partial charge is 0.370 e. The molecule has 0 bridgehead atoms. The molecule has 0 fully saturated rings. The molecule has 20 heavy (non-hydrogen) atoms. The molecule has 0 heterocycles. The number of guanidine groups is 2. The minimum Gasteiger partial charge on any atom is -0.370 e. The van der Waals surface area contributed by atoms with Gasteiger partial charge in [-0.1, -0.05) is 30.3 Å². The van der Waals surface area contributed by atoms with Crippen molar-refractivity contribution in [2.45, 2.75) is 12.8 Å².